The van der Waals surface area contributed by atoms with Crippen molar-refractivity contribution in [2.75, 3.05) is 83.7 Å². The van der Waals surface area contributed by atoms with Crippen LogP contribution >= 0.6 is 46.1 Å². The van der Waals surface area contributed by atoms with E-state index >= 15 is 0 Å². The number of carbonyl (C=O) groups excluding carboxylic acids is 2. The van der Waals surface area contributed by atoms with Crippen molar-refractivity contribution in [3.63, 3.8) is 0 Å². The third kappa shape index (κ3) is 10.8. The Balaban J connectivity index is 1.01. The fourth-order valence-electron chi connectivity index (χ4n) is 5.31. The molecule has 2 fully saturated rings. The van der Waals surface area contributed by atoms with E-state index in [4.69, 9.17) is 27.9 Å². The predicted octanol–water partition coefficient (Wildman–Crippen LogP) is 3.47. The molecule has 4 rings (SSSR count). The van der Waals surface area contributed by atoms with E-state index < -0.39 is 0 Å². The number of hydrogen-bond donors (Lipinski definition) is 2. The van der Waals surface area contributed by atoms with Gasteiger partial charge in [0.15, 0.2) is 0 Å². The standard InChI is InChI=1S/C28H42Cl2IN7O3/c1-21-18-38(23-4-5-24(29)25(30)17-23)34-28(21)33-26(39)3-2-8-32-27(40)20-41-16-15-35-11-13-36(14-12-35)19-22-6-9-37(31)10-7-22/h4-5,17,21-22H,2-3,6-16,18-20H2,1H3,(H,32,40)(H,33,34,39). The lowest BCUT2D eigenvalue weighted by atomic mass is 9.97. The number of nitrogens with one attached hydrogen (secondary N) is 2. The fourth-order valence-corrected chi connectivity index (χ4v) is 6.16. The van der Waals surface area contributed by atoms with Crippen molar-refractivity contribution in [1.82, 2.24) is 23.5 Å². The second-order valence-electron chi connectivity index (χ2n) is 11.1. The van der Waals surface area contributed by atoms with Crippen LogP contribution in [0.1, 0.15) is 32.6 Å². The molecule has 41 heavy (non-hydrogen) atoms. The summed E-state index contributed by atoms with van der Waals surface area (Å²) in [4.78, 5) is 29.6. The SMILES string of the molecule is CC1CN(c2ccc(Cl)c(Cl)c2)N=C1NC(=O)CCCNC(=O)COCCN1CCN(CC2CCN(I)CC2)CC1. The number of nitrogens with zero attached hydrogens (tertiary/aromatic N) is 5. The number of halogens is 3. The van der Waals surface area contributed by atoms with E-state index in [2.05, 4.69) is 51.5 Å². The molecule has 0 radical (unpaired) electrons. The van der Waals surface area contributed by atoms with Gasteiger partial charge in [-0.05, 0) is 43.4 Å². The summed E-state index contributed by atoms with van der Waals surface area (Å²) in [5.41, 5.74) is 0.821. The van der Waals surface area contributed by atoms with Crippen LogP contribution in [-0.4, -0.2) is 109 Å². The first kappa shape index (κ1) is 32.7. The zero-order valence-corrected chi connectivity index (χ0v) is 27.5. The Bertz CT molecular complexity index is 1050. The number of carbonyl (C=O) groups is 2. The molecule has 1 atom stereocenters. The number of piperazine rings is 1. The molecule has 0 aromatic heterocycles. The Morgan fingerprint density at radius 3 is 2.51 bits per heavy atom. The summed E-state index contributed by atoms with van der Waals surface area (Å²) >= 11 is 14.6. The molecule has 3 aliphatic heterocycles. The van der Waals surface area contributed by atoms with Crippen molar-refractivity contribution in [3.05, 3.63) is 28.2 Å². The van der Waals surface area contributed by atoms with Gasteiger partial charge < -0.3 is 20.3 Å². The van der Waals surface area contributed by atoms with Crippen LogP contribution < -0.4 is 15.6 Å². The van der Waals surface area contributed by atoms with E-state index in [1.54, 1.807) is 17.1 Å². The van der Waals surface area contributed by atoms with Crippen LogP contribution in [-0.2, 0) is 14.3 Å². The summed E-state index contributed by atoms with van der Waals surface area (Å²) in [6.07, 6.45) is 3.45. The number of benzene rings is 1. The average molecular weight is 723 g/mol. The van der Waals surface area contributed by atoms with Gasteiger partial charge in [0.25, 0.3) is 0 Å². The lowest BCUT2D eigenvalue weighted by molar-refractivity contribution is -0.126. The molecule has 2 amide bonds. The number of hydrogen-bond acceptors (Lipinski definition) is 8. The van der Waals surface area contributed by atoms with Crippen molar-refractivity contribution in [3.8, 4) is 0 Å². The molecule has 3 heterocycles. The summed E-state index contributed by atoms with van der Waals surface area (Å²) in [5, 5.41) is 13.0. The first-order valence-corrected chi connectivity index (χ1v) is 16.3. The van der Waals surface area contributed by atoms with Crippen LogP contribution in [0.2, 0.25) is 10.0 Å². The summed E-state index contributed by atoms with van der Waals surface area (Å²) < 4.78 is 8.00. The molecule has 228 valence electrons. The lowest BCUT2D eigenvalue weighted by Gasteiger charge is -2.38. The molecule has 10 nitrogen and oxygen atoms in total. The average Bonchev–Trinajstić information content (AvgIpc) is 3.32. The molecule has 3 aliphatic rings. The third-order valence-corrected chi connectivity index (χ3v) is 9.54. The van der Waals surface area contributed by atoms with Gasteiger partial charge in [0.1, 0.15) is 12.4 Å². The fraction of sp³-hybridized carbons (Fsp3) is 0.679. The smallest absolute Gasteiger partial charge is 0.245 e. The minimum Gasteiger partial charge on any atom is -0.370 e. The number of amidine groups is 1. The Morgan fingerprint density at radius 2 is 1.78 bits per heavy atom. The minimum absolute atomic E-state index is 0.0422. The van der Waals surface area contributed by atoms with Crippen LogP contribution in [0.4, 0.5) is 5.69 Å². The van der Waals surface area contributed by atoms with Gasteiger partial charge in [-0.15, -0.1) is 0 Å². The van der Waals surface area contributed by atoms with Crippen LogP contribution in [0.5, 0.6) is 0 Å². The molecule has 0 spiro atoms. The van der Waals surface area contributed by atoms with Gasteiger partial charge in [0, 0.05) is 94.1 Å². The van der Waals surface area contributed by atoms with Crippen molar-refractivity contribution in [2.45, 2.75) is 32.6 Å². The van der Waals surface area contributed by atoms with Crippen LogP contribution in [0, 0.1) is 11.8 Å². The van der Waals surface area contributed by atoms with Gasteiger partial charge in [-0.1, -0.05) is 30.1 Å². The molecule has 1 aromatic rings. The zero-order valence-electron chi connectivity index (χ0n) is 23.8. The predicted molar refractivity (Wildman–Crippen MR) is 173 cm³/mol. The quantitative estimate of drug-likeness (QED) is 0.194. The van der Waals surface area contributed by atoms with Gasteiger partial charge in [0.05, 0.1) is 28.9 Å². The number of rotatable bonds is 12. The highest BCUT2D eigenvalue weighted by Crippen LogP contribution is 2.29. The Morgan fingerprint density at radius 1 is 1.05 bits per heavy atom. The molecular formula is C28H42Cl2IN7O3. The van der Waals surface area contributed by atoms with Gasteiger partial charge >= 0.3 is 0 Å². The molecule has 0 aliphatic carbocycles. The van der Waals surface area contributed by atoms with E-state index in [1.807, 2.05) is 13.0 Å². The summed E-state index contributed by atoms with van der Waals surface area (Å²) in [7, 11) is 0. The number of amides is 2. The van der Waals surface area contributed by atoms with Crippen molar-refractivity contribution in [2.24, 2.45) is 16.9 Å². The monoisotopic (exact) mass is 721 g/mol. The molecule has 0 saturated carbocycles. The molecule has 2 N–H and O–H groups in total. The van der Waals surface area contributed by atoms with Crippen molar-refractivity contribution < 1.29 is 14.3 Å². The summed E-state index contributed by atoms with van der Waals surface area (Å²) in [6, 6.07) is 5.34. The van der Waals surface area contributed by atoms with Gasteiger partial charge in [-0.3, -0.25) is 19.5 Å². The highest BCUT2D eigenvalue weighted by Gasteiger charge is 2.26. The Kier molecular flexibility index (Phi) is 13.2. The number of hydrazone groups is 1. The second-order valence-corrected chi connectivity index (χ2v) is 13.3. The van der Waals surface area contributed by atoms with Crippen LogP contribution in [0.3, 0.4) is 0 Å². The van der Waals surface area contributed by atoms with E-state index in [0.717, 1.165) is 44.3 Å². The normalized spacial score (nSPS) is 21.2. The molecule has 0 bridgehead atoms. The topological polar surface area (TPSA) is 92.8 Å². The maximum atomic E-state index is 12.4. The van der Waals surface area contributed by atoms with Crippen molar-refractivity contribution >= 4 is 69.4 Å². The summed E-state index contributed by atoms with van der Waals surface area (Å²) in [5.74, 6) is 1.25. The summed E-state index contributed by atoms with van der Waals surface area (Å²) in [6.45, 7) is 12.5. The minimum atomic E-state index is -0.154. The molecule has 13 heteroatoms. The highest BCUT2D eigenvalue weighted by atomic mass is 127. The number of anilines is 1. The first-order chi connectivity index (χ1) is 19.8. The largest absolute Gasteiger partial charge is 0.370 e. The molecule has 1 aromatic carbocycles. The van der Waals surface area contributed by atoms with Crippen molar-refractivity contribution in [1.29, 1.82) is 0 Å². The van der Waals surface area contributed by atoms with E-state index in [0.29, 0.717) is 48.4 Å². The Labute approximate surface area is 267 Å². The highest BCUT2D eigenvalue weighted by molar-refractivity contribution is 14.1. The molecule has 1 unspecified atom stereocenters. The molecule has 2 saturated heterocycles. The third-order valence-electron chi connectivity index (χ3n) is 7.84. The van der Waals surface area contributed by atoms with Gasteiger partial charge in [-0.25, -0.2) is 3.11 Å². The van der Waals surface area contributed by atoms with Crippen LogP contribution in [0.15, 0.2) is 23.3 Å². The van der Waals surface area contributed by atoms with E-state index in [1.165, 1.54) is 32.5 Å². The van der Waals surface area contributed by atoms with Gasteiger partial charge in [0.2, 0.25) is 11.8 Å². The maximum absolute atomic E-state index is 12.4. The van der Waals surface area contributed by atoms with E-state index in [-0.39, 0.29) is 24.3 Å². The number of ether oxygens (including phenoxy) is 1. The first-order valence-electron chi connectivity index (χ1n) is 14.6. The zero-order chi connectivity index (χ0) is 29.2. The molecular weight excluding hydrogens is 680 g/mol. The number of piperidine rings is 1. The Hall–Kier alpha value is -1.22. The van der Waals surface area contributed by atoms with Crippen LogP contribution in [0.25, 0.3) is 0 Å². The maximum Gasteiger partial charge on any atom is 0.245 e. The van der Waals surface area contributed by atoms with E-state index in [9.17, 15) is 9.59 Å². The second kappa shape index (κ2) is 16.6. The lowest BCUT2D eigenvalue weighted by Crippen LogP contribution is -2.49. The van der Waals surface area contributed by atoms with Gasteiger partial charge in [-0.2, -0.15) is 5.10 Å².